The van der Waals surface area contributed by atoms with Crippen LogP contribution in [-0.2, 0) is 9.53 Å². The Morgan fingerprint density at radius 1 is 1.30 bits per heavy atom. The lowest BCUT2D eigenvalue weighted by Crippen LogP contribution is -2.14. The van der Waals surface area contributed by atoms with Gasteiger partial charge in [0.2, 0.25) is 0 Å². The van der Waals surface area contributed by atoms with Crippen LogP contribution in [0.3, 0.4) is 0 Å². The molecule has 2 aromatic rings. The van der Waals surface area contributed by atoms with Gasteiger partial charge in [0.25, 0.3) is 0 Å². The Labute approximate surface area is 131 Å². The second kappa shape index (κ2) is 6.85. The Kier molecular flexibility index (Phi) is 5.14. The second-order valence-corrected chi connectivity index (χ2v) is 4.92. The summed E-state index contributed by atoms with van der Waals surface area (Å²) in [7, 11) is 0. The van der Waals surface area contributed by atoms with Gasteiger partial charge in [0, 0.05) is 0 Å². The van der Waals surface area contributed by atoms with Crippen LogP contribution in [0.2, 0.25) is 0 Å². The molecule has 20 heavy (non-hydrogen) atoms. The summed E-state index contributed by atoms with van der Waals surface area (Å²) in [6.45, 7) is 2.03. The van der Waals surface area contributed by atoms with E-state index in [1.54, 1.807) is 11.0 Å². The molecule has 0 saturated carbocycles. The van der Waals surface area contributed by atoms with Crippen molar-refractivity contribution in [3.63, 3.8) is 0 Å². The molecule has 0 fully saturated rings. The van der Waals surface area contributed by atoms with Crippen molar-refractivity contribution < 1.29 is 14.6 Å². The molecule has 1 N–H and O–H groups in total. The summed E-state index contributed by atoms with van der Waals surface area (Å²) >= 11 is 1.94. The van der Waals surface area contributed by atoms with Crippen molar-refractivity contribution >= 4 is 39.3 Å². The molecule has 0 amide bonds. The minimum Gasteiger partial charge on any atom is -0.463 e. The summed E-state index contributed by atoms with van der Waals surface area (Å²) < 4.78 is 6.52. The molecule has 4 heteroatoms. The van der Waals surface area contributed by atoms with Gasteiger partial charge in [-0.1, -0.05) is 59.0 Å². The van der Waals surface area contributed by atoms with E-state index in [2.05, 4.69) is 0 Å². The van der Waals surface area contributed by atoms with E-state index in [1.807, 2.05) is 65.1 Å². The maximum atomic E-state index is 11.8. The van der Waals surface area contributed by atoms with Crippen molar-refractivity contribution in [2.24, 2.45) is 0 Å². The fourth-order valence-corrected chi connectivity index (χ4v) is 2.58. The maximum Gasteiger partial charge on any atom is 0.337 e. The van der Waals surface area contributed by atoms with Crippen LogP contribution in [0.1, 0.15) is 18.6 Å². The average Bonchev–Trinajstić information content (AvgIpc) is 2.47. The number of halogens is 1. The molecular weight excluding hydrogens is 367 g/mol. The summed E-state index contributed by atoms with van der Waals surface area (Å²) in [5.41, 5.74) is 0.933. The molecule has 0 unspecified atom stereocenters. The van der Waals surface area contributed by atoms with Gasteiger partial charge in [-0.05, 0) is 33.4 Å². The van der Waals surface area contributed by atoms with Crippen LogP contribution in [0.4, 0.5) is 0 Å². The summed E-state index contributed by atoms with van der Waals surface area (Å²) in [6, 6.07) is 13.5. The largest absolute Gasteiger partial charge is 0.463 e. The van der Waals surface area contributed by atoms with Gasteiger partial charge >= 0.3 is 5.97 Å². The SMILES string of the molecule is CCOC(=O)/C(=C\I)[C@@H](O)c1ccc2ccccc2c1. The number of ether oxygens (including phenoxy) is 1. The van der Waals surface area contributed by atoms with E-state index < -0.39 is 12.1 Å². The number of fused-ring (bicyclic) bond motifs is 1. The normalized spacial score (nSPS) is 13.2. The molecular formula is C16H15IO3. The highest BCUT2D eigenvalue weighted by atomic mass is 127. The highest BCUT2D eigenvalue weighted by Gasteiger charge is 2.21. The molecule has 0 spiro atoms. The van der Waals surface area contributed by atoms with Gasteiger partial charge < -0.3 is 9.84 Å². The van der Waals surface area contributed by atoms with E-state index in [1.165, 1.54) is 0 Å². The first kappa shape index (κ1) is 15.0. The minimum atomic E-state index is -0.976. The quantitative estimate of drug-likeness (QED) is 0.498. The Bertz CT molecular complexity index is 649. The zero-order chi connectivity index (χ0) is 14.5. The maximum absolute atomic E-state index is 11.8. The van der Waals surface area contributed by atoms with Gasteiger partial charge in [0.05, 0.1) is 12.2 Å². The molecule has 0 heterocycles. The monoisotopic (exact) mass is 382 g/mol. The van der Waals surface area contributed by atoms with Crippen molar-refractivity contribution in [1.82, 2.24) is 0 Å². The zero-order valence-electron chi connectivity index (χ0n) is 11.0. The van der Waals surface area contributed by atoms with Crippen molar-refractivity contribution in [1.29, 1.82) is 0 Å². The van der Waals surface area contributed by atoms with Crippen molar-refractivity contribution in [2.75, 3.05) is 6.61 Å². The first-order chi connectivity index (χ1) is 9.67. The topological polar surface area (TPSA) is 46.5 Å². The smallest absolute Gasteiger partial charge is 0.337 e. The van der Waals surface area contributed by atoms with E-state index >= 15 is 0 Å². The minimum absolute atomic E-state index is 0.253. The molecule has 0 bridgehead atoms. The number of carbonyl (C=O) groups excluding carboxylic acids is 1. The van der Waals surface area contributed by atoms with Gasteiger partial charge in [0.1, 0.15) is 6.10 Å². The van der Waals surface area contributed by atoms with E-state index in [-0.39, 0.29) is 12.2 Å². The Hall–Kier alpha value is -1.40. The first-order valence-electron chi connectivity index (χ1n) is 6.31. The number of esters is 1. The van der Waals surface area contributed by atoms with Crippen LogP contribution in [-0.4, -0.2) is 17.7 Å². The van der Waals surface area contributed by atoms with Crippen molar-refractivity contribution in [2.45, 2.75) is 13.0 Å². The fourth-order valence-electron chi connectivity index (χ4n) is 1.99. The predicted molar refractivity (Wildman–Crippen MR) is 87.6 cm³/mol. The molecule has 0 aliphatic heterocycles. The highest BCUT2D eigenvalue weighted by Crippen LogP contribution is 2.26. The van der Waals surface area contributed by atoms with Crippen LogP contribution < -0.4 is 0 Å². The van der Waals surface area contributed by atoms with Crippen molar-refractivity contribution in [3.05, 3.63) is 57.7 Å². The number of rotatable bonds is 4. The summed E-state index contributed by atoms with van der Waals surface area (Å²) in [6.07, 6.45) is -0.976. The standard InChI is InChI=1S/C16H15IO3/c1-2-20-16(19)14(10-17)15(18)13-8-7-11-5-3-4-6-12(11)9-13/h3-10,15,18H,2H2,1H3/b14-10-/t15-/m0/s1. The number of carbonyl (C=O) groups is 1. The molecule has 1 atom stereocenters. The highest BCUT2D eigenvalue weighted by molar-refractivity contribution is 14.1. The molecule has 2 rings (SSSR count). The number of aliphatic hydroxyl groups excluding tert-OH is 1. The average molecular weight is 382 g/mol. The molecule has 2 aromatic carbocycles. The van der Waals surface area contributed by atoms with Crippen LogP contribution in [0, 0.1) is 0 Å². The van der Waals surface area contributed by atoms with Gasteiger partial charge in [-0.3, -0.25) is 0 Å². The second-order valence-electron chi connectivity index (χ2n) is 4.29. The fraction of sp³-hybridized carbons (Fsp3) is 0.188. The Morgan fingerprint density at radius 3 is 2.65 bits per heavy atom. The molecule has 0 aliphatic carbocycles. The third-order valence-electron chi connectivity index (χ3n) is 3.01. The third-order valence-corrected chi connectivity index (χ3v) is 3.68. The summed E-state index contributed by atoms with van der Waals surface area (Å²) in [5, 5.41) is 12.5. The predicted octanol–water partition coefficient (Wildman–Crippen LogP) is 3.76. The van der Waals surface area contributed by atoms with Crippen LogP contribution in [0.25, 0.3) is 10.8 Å². The summed E-state index contributed by atoms with van der Waals surface area (Å²) in [5.74, 6) is -0.484. The summed E-state index contributed by atoms with van der Waals surface area (Å²) in [4.78, 5) is 11.8. The molecule has 3 nitrogen and oxygen atoms in total. The van der Waals surface area contributed by atoms with E-state index in [0.717, 1.165) is 10.8 Å². The van der Waals surface area contributed by atoms with Gasteiger partial charge in [-0.2, -0.15) is 0 Å². The number of hydrogen-bond acceptors (Lipinski definition) is 3. The molecule has 0 radical (unpaired) electrons. The van der Waals surface area contributed by atoms with E-state index in [0.29, 0.717) is 5.56 Å². The molecule has 0 aliphatic rings. The van der Waals surface area contributed by atoms with Crippen LogP contribution in [0.5, 0.6) is 0 Å². The molecule has 0 aromatic heterocycles. The van der Waals surface area contributed by atoms with Gasteiger partial charge in [-0.25, -0.2) is 4.79 Å². The molecule has 104 valence electrons. The van der Waals surface area contributed by atoms with Crippen LogP contribution >= 0.6 is 22.6 Å². The van der Waals surface area contributed by atoms with E-state index in [4.69, 9.17) is 4.74 Å². The number of aliphatic hydroxyl groups is 1. The lowest BCUT2D eigenvalue weighted by Gasteiger charge is -2.14. The lowest BCUT2D eigenvalue weighted by atomic mass is 9.99. The van der Waals surface area contributed by atoms with Gasteiger partial charge in [0.15, 0.2) is 0 Å². The van der Waals surface area contributed by atoms with Crippen molar-refractivity contribution in [3.8, 4) is 0 Å². The first-order valence-corrected chi connectivity index (χ1v) is 7.56. The van der Waals surface area contributed by atoms with Gasteiger partial charge in [-0.15, -0.1) is 0 Å². The Balaban J connectivity index is 2.34. The van der Waals surface area contributed by atoms with E-state index in [9.17, 15) is 9.90 Å². The Morgan fingerprint density at radius 2 is 2.00 bits per heavy atom. The van der Waals surface area contributed by atoms with Crippen LogP contribution in [0.15, 0.2) is 52.1 Å². The number of benzene rings is 2. The molecule has 0 saturated heterocycles. The zero-order valence-corrected chi connectivity index (χ0v) is 13.2. The number of hydrogen-bond donors (Lipinski definition) is 1. The lowest BCUT2D eigenvalue weighted by molar-refractivity contribution is -0.139. The third kappa shape index (κ3) is 3.19.